The van der Waals surface area contributed by atoms with E-state index in [2.05, 4.69) is 15.0 Å². The average molecular weight is 277 g/mol. The second-order valence-electron chi connectivity index (χ2n) is 4.38. The van der Waals surface area contributed by atoms with Gasteiger partial charge in [-0.05, 0) is 19.9 Å². The summed E-state index contributed by atoms with van der Waals surface area (Å²) in [4.78, 5) is 12.8. The van der Waals surface area contributed by atoms with Gasteiger partial charge in [0, 0.05) is 6.20 Å². The first-order valence-electron chi connectivity index (χ1n) is 6.00. The van der Waals surface area contributed by atoms with Gasteiger partial charge in [0.05, 0.1) is 23.8 Å². The molecule has 0 aliphatic rings. The van der Waals surface area contributed by atoms with Gasteiger partial charge in [0.25, 0.3) is 0 Å². The molecule has 3 heterocycles. The second kappa shape index (κ2) is 4.66. The molecule has 0 radical (unpaired) electrons. The van der Waals surface area contributed by atoms with Gasteiger partial charge in [-0.1, -0.05) is 0 Å². The summed E-state index contributed by atoms with van der Waals surface area (Å²) in [5.74, 6) is 2.56. The quantitative estimate of drug-likeness (QED) is 0.690. The van der Waals surface area contributed by atoms with Crippen LogP contribution in [0.1, 0.15) is 30.4 Å². The fourth-order valence-corrected chi connectivity index (χ4v) is 2.39. The van der Waals surface area contributed by atoms with Crippen LogP contribution in [0.2, 0.25) is 0 Å². The van der Waals surface area contributed by atoms with Crippen molar-refractivity contribution in [1.82, 2.24) is 19.5 Å². The first-order chi connectivity index (χ1) is 9.20. The van der Waals surface area contributed by atoms with Crippen LogP contribution in [-0.4, -0.2) is 19.5 Å². The van der Waals surface area contributed by atoms with Gasteiger partial charge in [-0.15, -0.1) is 11.6 Å². The minimum Gasteiger partial charge on any atom is -0.444 e. The van der Waals surface area contributed by atoms with E-state index < -0.39 is 0 Å². The molecule has 0 fully saturated rings. The Morgan fingerprint density at radius 1 is 1.42 bits per heavy atom. The average Bonchev–Trinajstić information content (AvgIpc) is 3.01. The van der Waals surface area contributed by atoms with Crippen molar-refractivity contribution < 1.29 is 4.42 Å². The molecule has 0 spiro atoms. The number of oxazole rings is 1. The molecule has 5 nitrogen and oxygen atoms in total. The predicted octanol–water partition coefficient (Wildman–Crippen LogP) is 3.08. The van der Waals surface area contributed by atoms with Crippen LogP contribution in [0.25, 0.3) is 11.0 Å². The standard InChI is InChI=1S/C13H13ClN4O/c1-8-6-16-13(19-8)9(2)18-11-3-4-15-7-10(11)17-12(18)5-14/h3-4,6-7,9H,5H2,1-2H3. The molecule has 0 bridgehead atoms. The van der Waals surface area contributed by atoms with E-state index in [4.69, 9.17) is 16.0 Å². The minimum atomic E-state index is -0.0603. The zero-order valence-electron chi connectivity index (χ0n) is 10.7. The van der Waals surface area contributed by atoms with Crippen molar-refractivity contribution in [3.05, 3.63) is 42.1 Å². The number of pyridine rings is 1. The summed E-state index contributed by atoms with van der Waals surface area (Å²) in [6, 6.07) is 1.86. The molecule has 1 unspecified atom stereocenters. The van der Waals surface area contributed by atoms with Crippen molar-refractivity contribution in [3.63, 3.8) is 0 Å². The van der Waals surface area contributed by atoms with E-state index in [1.807, 2.05) is 24.5 Å². The van der Waals surface area contributed by atoms with Crippen molar-refractivity contribution in [2.75, 3.05) is 0 Å². The molecule has 6 heteroatoms. The van der Waals surface area contributed by atoms with Crippen LogP contribution in [0.15, 0.2) is 29.1 Å². The zero-order chi connectivity index (χ0) is 13.4. The Morgan fingerprint density at radius 3 is 2.95 bits per heavy atom. The molecule has 0 aromatic carbocycles. The van der Waals surface area contributed by atoms with Gasteiger partial charge in [0.1, 0.15) is 23.1 Å². The Morgan fingerprint density at radius 2 is 2.26 bits per heavy atom. The number of fused-ring (bicyclic) bond motifs is 1. The summed E-state index contributed by atoms with van der Waals surface area (Å²) in [7, 11) is 0. The monoisotopic (exact) mass is 276 g/mol. The fraction of sp³-hybridized carbons (Fsp3) is 0.308. The maximum Gasteiger partial charge on any atom is 0.217 e. The number of hydrogen-bond donors (Lipinski definition) is 0. The van der Waals surface area contributed by atoms with E-state index in [1.54, 1.807) is 18.6 Å². The fourth-order valence-electron chi connectivity index (χ4n) is 2.20. The SMILES string of the molecule is Cc1cnc(C(C)n2c(CCl)nc3cnccc32)o1. The summed E-state index contributed by atoms with van der Waals surface area (Å²) in [6.07, 6.45) is 5.19. The highest BCUT2D eigenvalue weighted by atomic mass is 35.5. The highest BCUT2D eigenvalue weighted by Gasteiger charge is 2.20. The number of nitrogens with zero attached hydrogens (tertiary/aromatic N) is 4. The molecule has 0 amide bonds. The van der Waals surface area contributed by atoms with Crippen molar-refractivity contribution in [2.24, 2.45) is 0 Å². The third-order valence-electron chi connectivity index (χ3n) is 3.07. The molecule has 0 aliphatic heterocycles. The molecule has 3 rings (SSSR count). The smallest absolute Gasteiger partial charge is 0.217 e. The Balaban J connectivity index is 2.17. The van der Waals surface area contributed by atoms with E-state index in [-0.39, 0.29) is 6.04 Å². The normalized spacial score (nSPS) is 13.0. The molecule has 98 valence electrons. The number of imidazole rings is 1. The lowest BCUT2D eigenvalue weighted by molar-refractivity contribution is 0.415. The van der Waals surface area contributed by atoms with Crippen LogP contribution in [0, 0.1) is 6.92 Å². The molecule has 0 saturated carbocycles. The van der Waals surface area contributed by atoms with Crippen LogP contribution in [0.3, 0.4) is 0 Å². The van der Waals surface area contributed by atoms with Crippen LogP contribution in [-0.2, 0) is 5.88 Å². The lowest BCUT2D eigenvalue weighted by Crippen LogP contribution is -2.10. The highest BCUT2D eigenvalue weighted by molar-refractivity contribution is 6.16. The van der Waals surface area contributed by atoms with E-state index >= 15 is 0 Å². The van der Waals surface area contributed by atoms with Gasteiger partial charge in [-0.3, -0.25) is 4.98 Å². The Labute approximate surface area is 115 Å². The van der Waals surface area contributed by atoms with Crippen molar-refractivity contribution in [2.45, 2.75) is 25.8 Å². The molecule has 0 aliphatic carbocycles. The first kappa shape index (κ1) is 12.2. The van der Waals surface area contributed by atoms with Gasteiger partial charge >= 0.3 is 0 Å². The number of hydrogen-bond acceptors (Lipinski definition) is 4. The van der Waals surface area contributed by atoms with Crippen LogP contribution < -0.4 is 0 Å². The molecular weight excluding hydrogens is 264 g/mol. The maximum absolute atomic E-state index is 5.99. The molecule has 0 saturated heterocycles. The van der Waals surface area contributed by atoms with E-state index in [0.29, 0.717) is 11.8 Å². The lowest BCUT2D eigenvalue weighted by atomic mass is 10.3. The van der Waals surface area contributed by atoms with E-state index in [9.17, 15) is 0 Å². The summed E-state index contributed by atoms with van der Waals surface area (Å²) in [5.41, 5.74) is 1.81. The minimum absolute atomic E-state index is 0.0603. The first-order valence-corrected chi connectivity index (χ1v) is 6.53. The largest absolute Gasteiger partial charge is 0.444 e. The van der Waals surface area contributed by atoms with Crippen molar-refractivity contribution in [3.8, 4) is 0 Å². The Hall–Kier alpha value is -1.88. The summed E-state index contributed by atoms with van der Waals surface area (Å²) in [6.45, 7) is 3.89. The van der Waals surface area contributed by atoms with E-state index in [0.717, 1.165) is 22.6 Å². The Bertz CT molecular complexity index is 718. The lowest BCUT2D eigenvalue weighted by Gasteiger charge is -2.13. The molecule has 0 N–H and O–H groups in total. The van der Waals surface area contributed by atoms with Crippen LogP contribution in [0.5, 0.6) is 0 Å². The molecular formula is C13H13ClN4O. The zero-order valence-corrected chi connectivity index (χ0v) is 11.4. The number of aromatic nitrogens is 4. The topological polar surface area (TPSA) is 56.7 Å². The Kier molecular flexibility index (Phi) is 2.98. The number of rotatable bonds is 3. The molecule has 1 atom stereocenters. The van der Waals surface area contributed by atoms with E-state index in [1.165, 1.54) is 0 Å². The maximum atomic E-state index is 5.99. The van der Waals surface area contributed by atoms with Gasteiger partial charge in [-0.2, -0.15) is 0 Å². The van der Waals surface area contributed by atoms with Crippen molar-refractivity contribution in [1.29, 1.82) is 0 Å². The number of aryl methyl sites for hydroxylation is 1. The summed E-state index contributed by atoms with van der Waals surface area (Å²) >= 11 is 5.99. The highest BCUT2D eigenvalue weighted by Crippen LogP contribution is 2.26. The van der Waals surface area contributed by atoms with Crippen molar-refractivity contribution >= 4 is 22.6 Å². The van der Waals surface area contributed by atoms with Crippen LogP contribution >= 0.6 is 11.6 Å². The van der Waals surface area contributed by atoms with Gasteiger partial charge in [0.15, 0.2) is 0 Å². The van der Waals surface area contributed by atoms with Gasteiger partial charge in [0.2, 0.25) is 5.89 Å². The molecule has 3 aromatic rings. The van der Waals surface area contributed by atoms with Gasteiger partial charge in [-0.25, -0.2) is 9.97 Å². The number of halogens is 1. The number of alkyl halides is 1. The molecule has 19 heavy (non-hydrogen) atoms. The third-order valence-corrected chi connectivity index (χ3v) is 3.31. The second-order valence-corrected chi connectivity index (χ2v) is 4.65. The summed E-state index contributed by atoms with van der Waals surface area (Å²) < 4.78 is 7.64. The molecule has 3 aromatic heterocycles. The predicted molar refractivity (Wildman–Crippen MR) is 72.1 cm³/mol. The van der Waals surface area contributed by atoms with Crippen LogP contribution in [0.4, 0.5) is 0 Å². The third kappa shape index (κ3) is 2.00. The summed E-state index contributed by atoms with van der Waals surface area (Å²) in [5, 5.41) is 0. The van der Waals surface area contributed by atoms with Gasteiger partial charge < -0.3 is 8.98 Å².